The van der Waals surface area contributed by atoms with Crippen LogP contribution in [0.4, 0.5) is 5.88 Å². The number of rotatable bonds is 11. The zero-order valence-electron chi connectivity index (χ0n) is 21.3. The third-order valence-corrected chi connectivity index (χ3v) is 9.79. The minimum Gasteiger partial charge on any atom is -0.454 e. The maximum Gasteiger partial charge on any atom is 0.270 e. The van der Waals surface area contributed by atoms with Crippen LogP contribution in [0, 0.1) is 6.92 Å². The number of sulfonamides is 1. The summed E-state index contributed by atoms with van der Waals surface area (Å²) in [6.45, 7) is 2.90. The summed E-state index contributed by atoms with van der Waals surface area (Å²) in [5.41, 5.74) is 1.22. The van der Waals surface area contributed by atoms with Gasteiger partial charge in [0, 0.05) is 18.7 Å². The maximum atomic E-state index is 14.3. The van der Waals surface area contributed by atoms with E-state index in [-0.39, 0.29) is 33.9 Å². The highest BCUT2D eigenvalue weighted by Crippen LogP contribution is 2.43. The van der Waals surface area contributed by atoms with Crippen molar-refractivity contribution in [3.05, 3.63) is 57.7 Å². The lowest BCUT2D eigenvalue weighted by molar-refractivity contribution is -0.108. The van der Waals surface area contributed by atoms with Crippen LogP contribution in [0.5, 0.6) is 11.5 Å². The number of pyridine rings is 1. The van der Waals surface area contributed by atoms with Gasteiger partial charge in [-0.2, -0.15) is 0 Å². The number of thiophene rings is 1. The highest BCUT2D eigenvalue weighted by Gasteiger charge is 2.37. The molecule has 1 N–H and O–H groups in total. The summed E-state index contributed by atoms with van der Waals surface area (Å²) in [6, 6.07) is 8.82. The van der Waals surface area contributed by atoms with E-state index < -0.39 is 29.1 Å². The molecule has 0 radical (unpaired) electrons. The number of aryl methyl sites for hydroxylation is 2. The number of anilines is 1. The van der Waals surface area contributed by atoms with Gasteiger partial charge < -0.3 is 28.6 Å². The van der Waals surface area contributed by atoms with Crippen molar-refractivity contribution in [3.8, 4) is 11.5 Å². The molecule has 0 aliphatic carbocycles. The molecule has 0 amide bonds. The number of methoxy groups -OCH3 is 1. The molecule has 1 aliphatic rings. The van der Waals surface area contributed by atoms with E-state index in [1.165, 1.54) is 7.11 Å². The molecular weight excluding hydrogens is 570 g/mol. The SMILES string of the molecule is COC(C)OCN(c1onc(C)c1Cl)S(=O)(=O)c1c(C(O)CCc2ccc3c(c2)OCO3)sc2ncccc12. The first-order valence-corrected chi connectivity index (χ1v) is 14.6. The average molecular weight is 596 g/mol. The zero-order valence-corrected chi connectivity index (χ0v) is 23.7. The third-order valence-electron chi connectivity index (χ3n) is 6.20. The molecule has 14 heteroatoms. The van der Waals surface area contributed by atoms with E-state index in [9.17, 15) is 13.5 Å². The minimum atomic E-state index is -4.41. The largest absolute Gasteiger partial charge is 0.454 e. The van der Waals surface area contributed by atoms with E-state index in [0.29, 0.717) is 33.8 Å². The molecule has 5 rings (SSSR count). The highest BCUT2D eigenvalue weighted by molar-refractivity contribution is 7.93. The van der Waals surface area contributed by atoms with Crippen LogP contribution in [0.15, 0.2) is 45.9 Å². The lowest BCUT2D eigenvalue weighted by atomic mass is 10.1. The van der Waals surface area contributed by atoms with E-state index in [1.807, 2.05) is 18.2 Å². The second kappa shape index (κ2) is 11.3. The first-order chi connectivity index (χ1) is 18.7. The molecule has 11 nitrogen and oxygen atoms in total. The predicted octanol–water partition coefficient (Wildman–Crippen LogP) is 4.80. The van der Waals surface area contributed by atoms with Gasteiger partial charge in [0.1, 0.15) is 27.2 Å². The average Bonchev–Trinajstić information content (AvgIpc) is 3.64. The summed E-state index contributed by atoms with van der Waals surface area (Å²) in [7, 11) is -2.98. The molecule has 1 aliphatic heterocycles. The standard InChI is InChI=1S/C25H26ClN3O8S2/c1-14-21(26)25(37-28-14)29(12-34-15(2)33-3)39(31,32)23-17-5-4-10-27-24(17)38-22(23)18(30)8-6-16-7-9-19-20(11-16)36-13-35-19/h4-5,7,9-11,15,18,30H,6,8,12-13H2,1-3H3. The van der Waals surface area contributed by atoms with Gasteiger partial charge in [0.25, 0.3) is 15.9 Å². The van der Waals surface area contributed by atoms with Gasteiger partial charge in [-0.1, -0.05) is 22.8 Å². The molecule has 4 heterocycles. The van der Waals surface area contributed by atoms with Gasteiger partial charge >= 0.3 is 0 Å². The summed E-state index contributed by atoms with van der Waals surface area (Å²) in [4.78, 5) is 4.93. The Hall–Kier alpha value is -2.94. The topological polar surface area (TPSA) is 133 Å². The molecule has 39 heavy (non-hydrogen) atoms. The van der Waals surface area contributed by atoms with Gasteiger partial charge in [0.15, 0.2) is 17.8 Å². The van der Waals surface area contributed by atoms with Crippen LogP contribution in [-0.4, -0.2) is 50.6 Å². The summed E-state index contributed by atoms with van der Waals surface area (Å²) < 4.78 is 56.3. The number of fused-ring (bicyclic) bond motifs is 2. The molecule has 0 saturated heterocycles. The monoisotopic (exact) mass is 595 g/mol. The first-order valence-electron chi connectivity index (χ1n) is 11.9. The number of nitrogens with zero attached hydrogens (tertiary/aromatic N) is 3. The van der Waals surface area contributed by atoms with Gasteiger partial charge in [-0.05, 0) is 56.5 Å². The Balaban J connectivity index is 1.52. The Labute approximate surface area is 233 Å². The Morgan fingerprint density at radius 2 is 2.05 bits per heavy atom. The van der Waals surface area contributed by atoms with Crippen molar-refractivity contribution >= 4 is 49.1 Å². The molecule has 1 aromatic carbocycles. The summed E-state index contributed by atoms with van der Waals surface area (Å²) in [5, 5.41) is 15.5. The first kappa shape index (κ1) is 27.6. The van der Waals surface area contributed by atoms with E-state index >= 15 is 0 Å². The van der Waals surface area contributed by atoms with Crippen LogP contribution in [0.1, 0.15) is 35.6 Å². The normalized spacial score (nSPS) is 14.6. The zero-order chi connectivity index (χ0) is 27.7. The molecule has 0 saturated carbocycles. The van der Waals surface area contributed by atoms with Crippen molar-refractivity contribution in [2.45, 2.75) is 44.0 Å². The van der Waals surface area contributed by atoms with Crippen molar-refractivity contribution in [2.24, 2.45) is 0 Å². The van der Waals surface area contributed by atoms with Crippen molar-refractivity contribution < 1.29 is 37.0 Å². The Kier molecular flexibility index (Phi) is 7.99. The quantitative estimate of drug-likeness (QED) is 0.241. The molecule has 3 aromatic heterocycles. The van der Waals surface area contributed by atoms with Gasteiger partial charge in [-0.25, -0.2) is 17.7 Å². The fourth-order valence-corrected chi connectivity index (χ4v) is 7.42. The van der Waals surface area contributed by atoms with E-state index in [2.05, 4.69) is 10.1 Å². The number of aliphatic hydroxyl groups excluding tert-OH is 1. The number of benzene rings is 1. The van der Waals surface area contributed by atoms with Gasteiger partial charge in [0.2, 0.25) is 6.79 Å². The van der Waals surface area contributed by atoms with Crippen molar-refractivity contribution in [3.63, 3.8) is 0 Å². The van der Waals surface area contributed by atoms with E-state index in [0.717, 1.165) is 21.2 Å². The number of hydrogen-bond acceptors (Lipinski definition) is 11. The fourth-order valence-electron chi connectivity index (χ4n) is 4.03. The number of aromatic nitrogens is 2. The Morgan fingerprint density at radius 3 is 2.79 bits per heavy atom. The van der Waals surface area contributed by atoms with E-state index in [4.69, 9.17) is 35.1 Å². The second-order valence-corrected chi connectivity index (χ2v) is 11.9. The van der Waals surface area contributed by atoms with Crippen molar-refractivity contribution in [1.29, 1.82) is 0 Å². The molecule has 2 atom stereocenters. The van der Waals surface area contributed by atoms with Gasteiger partial charge in [-0.3, -0.25) is 0 Å². The second-order valence-electron chi connectivity index (χ2n) is 8.73. The lowest BCUT2D eigenvalue weighted by Gasteiger charge is -2.24. The molecule has 2 unspecified atom stereocenters. The third kappa shape index (κ3) is 5.42. The van der Waals surface area contributed by atoms with E-state index in [1.54, 1.807) is 32.2 Å². The molecule has 0 fully saturated rings. The Bertz CT molecular complexity index is 1590. The summed E-state index contributed by atoms with van der Waals surface area (Å²) >= 11 is 7.48. The molecule has 0 spiro atoms. The summed E-state index contributed by atoms with van der Waals surface area (Å²) in [5.74, 6) is 1.09. The van der Waals surface area contributed by atoms with Crippen LogP contribution < -0.4 is 13.8 Å². The molecular formula is C25H26ClN3O8S2. The van der Waals surface area contributed by atoms with Crippen LogP contribution >= 0.6 is 22.9 Å². The van der Waals surface area contributed by atoms with Gasteiger partial charge in [-0.15, -0.1) is 11.3 Å². The van der Waals surface area contributed by atoms with Crippen molar-refractivity contribution in [2.75, 3.05) is 24.9 Å². The molecule has 0 bridgehead atoms. The fraction of sp³-hybridized carbons (Fsp3) is 0.360. The van der Waals surface area contributed by atoms with Crippen LogP contribution in [-0.2, 0) is 25.9 Å². The van der Waals surface area contributed by atoms with Crippen LogP contribution in [0.2, 0.25) is 5.02 Å². The number of hydrogen-bond donors (Lipinski definition) is 1. The van der Waals surface area contributed by atoms with Crippen molar-refractivity contribution in [1.82, 2.24) is 10.1 Å². The van der Waals surface area contributed by atoms with Crippen LogP contribution in [0.3, 0.4) is 0 Å². The molecule has 208 valence electrons. The molecule has 4 aromatic rings. The summed E-state index contributed by atoms with van der Waals surface area (Å²) in [6.07, 6.45) is 0.430. The number of ether oxygens (including phenoxy) is 4. The smallest absolute Gasteiger partial charge is 0.270 e. The minimum absolute atomic E-state index is 0.0230. The maximum absolute atomic E-state index is 14.3. The van der Waals surface area contributed by atoms with Gasteiger partial charge in [0.05, 0.1) is 11.0 Å². The number of halogens is 1. The Morgan fingerprint density at radius 1 is 1.26 bits per heavy atom. The van der Waals surface area contributed by atoms with Crippen LogP contribution in [0.25, 0.3) is 10.2 Å². The highest BCUT2D eigenvalue weighted by atomic mass is 35.5. The lowest BCUT2D eigenvalue weighted by Crippen LogP contribution is -2.35. The predicted molar refractivity (Wildman–Crippen MR) is 144 cm³/mol. The number of aliphatic hydroxyl groups is 1.